The van der Waals surface area contributed by atoms with Crippen molar-refractivity contribution in [2.75, 3.05) is 0 Å². The van der Waals surface area contributed by atoms with Crippen molar-refractivity contribution in [3.05, 3.63) is 57.8 Å². The maximum Gasteiger partial charge on any atom is 0.243 e. The van der Waals surface area contributed by atoms with Gasteiger partial charge in [-0.3, -0.25) is 0 Å². The number of nitrogens with one attached hydrogen (secondary N) is 1. The lowest BCUT2D eigenvalue weighted by Crippen LogP contribution is -2.23. The molecular weight excluding hydrogens is 352 g/mol. The summed E-state index contributed by atoms with van der Waals surface area (Å²) in [7, 11) is -3.67. The lowest BCUT2D eigenvalue weighted by atomic mass is 10.2. The second-order valence-electron chi connectivity index (χ2n) is 3.71. The fourth-order valence-electron chi connectivity index (χ4n) is 1.46. The van der Waals surface area contributed by atoms with Crippen molar-refractivity contribution in [1.29, 1.82) is 0 Å². The summed E-state index contributed by atoms with van der Waals surface area (Å²) in [5, 5.41) is -0.0397. The lowest BCUT2D eigenvalue weighted by molar-refractivity contribution is 0.581. The number of halogens is 2. The monoisotopic (exact) mass is 360 g/mol. The minimum Gasteiger partial charge on any atom is -0.243 e. The van der Waals surface area contributed by atoms with E-state index in [9.17, 15) is 8.42 Å². The number of benzene rings is 1. The van der Waals surface area contributed by atoms with E-state index in [2.05, 4.69) is 25.6 Å². The van der Waals surface area contributed by atoms with Gasteiger partial charge in [0.1, 0.15) is 10.0 Å². The zero-order chi connectivity index (χ0) is 13.9. The van der Waals surface area contributed by atoms with Gasteiger partial charge in [0.25, 0.3) is 0 Å². The van der Waals surface area contributed by atoms with Gasteiger partial charge >= 0.3 is 0 Å². The molecule has 19 heavy (non-hydrogen) atoms. The molecule has 100 valence electrons. The minimum atomic E-state index is -3.67. The average molecular weight is 362 g/mol. The van der Waals surface area contributed by atoms with Crippen molar-refractivity contribution < 1.29 is 8.42 Å². The Hall–Kier alpha value is -0.950. The largest absolute Gasteiger partial charge is 0.243 e. The molecule has 0 radical (unpaired) electrons. The van der Waals surface area contributed by atoms with Crippen LogP contribution in [0.25, 0.3) is 0 Å². The number of hydrogen-bond donors (Lipinski definition) is 1. The molecule has 4 nitrogen and oxygen atoms in total. The van der Waals surface area contributed by atoms with Crippen LogP contribution in [0.1, 0.15) is 5.56 Å². The first-order chi connectivity index (χ1) is 9.00. The van der Waals surface area contributed by atoms with E-state index in [1.807, 2.05) is 24.3 Å². The predicted molar refractivity (Wildman–Crippen MR) is 77.4 cm³/mol. The summed E-state index contributed by atoms with van der Waals surface area (Å²) < 4.78 is 27.5. The third kappa shape index (κ3) is 3.54. The summed E-state index contributed by atoms with van der Waals surface area (Å²) in [4.78, 5) is 3.73. The summed E-state index contributed by atoms with van der Waals surface area (Å²) in [6.07, 6.45) is 1.44. The average Bonchev–Trinajstić information content (AvgIpc) is 2.38. The van der Waals surface area contributed by atoms with Gasteiger partial charge in [0.2, 0.25) is 10.0 Å². The Kier molecular flexibility index (Phi) is 4.57. The molecule has 0 spiro atoms. The molecule has 2 aromatic rings. The van der Waals surface area contributed by atoms with Gasteiger partial charge in [-0.25, -0.2) is 18.1 Å². The van der Waals surface area contributed by atoms with Crippen molar-refractivity contribution in [3.8, 4) is 0 Å². The van der Waals surface area contributed by atoms with Crippen LogP contribution in [0.2, 0.25) is 5.15 Å². The summed E-state index contributed by atoms with van der Waals surface area (Å²) in [6.45, 7) is 0.176. The molecule has 1 heterocycles. The highest BCUT2D eigenvalue weighted by atomic mass is 79.9. The third-order valence-electron chi connectivity index (χ3n) is 2.42. The fraction of sp³-hybridized carbons (Fsp3) is 0.0833. The van der Waals surface area contributed by atoms with Crippen molar-refractivity contribution >= 4 is 37.6 Å². The Bertz CT molecular complexity index is 692. The molecule has 0 amide bonds. The number of aromatic nitrogens is 1. The minimum absolute atomic E-state index is 0.0243. The summed E-state index contributed by atoms with van der Waals surface area (Å²) in [5.74, 6) is 0. The van der Waals surface area contributed by atoms with Crippen LogP contribution < -0.4 is 4.72 Å². The van der Waals surface area contributed by atoms with Crippen LogP contribution in [0.15, 0.2) is 52.0 Å². The maximum atomic E-state index is 12.1. The molecule has 7 heteroatoms. The normalized spacial score (nSPS) is 11.5. The second-order valence-corrected chi connectivity index (χ2v) is 6.66. The Morgan fingerprint density at radius 3 is 2.63 bits per heavy atom. The molecule has 0 saturated heterocycles. The van der Waals surface area contributed by atoms with E-state index in [0.29, 0.717) is 0 Å². The zero-order valence-electron chi connectivity index (χ0n) is 9.68. The van der Waals surface area contributed by atoms with E-state index in [1.165, 1.54) is 18.3 Å². The van der Waals surface area contributed by atoms with E-state index in [-0.39, 0.29) is 16.6 Å². The van der Waals surface area contributed by atoms with Crippen LogP contribution in [0, 0.1) is 0 Å². The van der Waals surface area contributed by atoms with Gasteiger partial charge in [0, 0.05) is 17.2 Å². The quantitative estimate of drug-likeness (QED) is 0.852. The highest BCUT2D eigenvalue weighted by Gasteiger charge is 2.18. The number of hydrogen-bond acceptors (Lipinski definition) is 3. The van der Waals surface area contributed by atoms with Crippen LogP contribution >= 0.6 is 27.5 Å². The predicted octanol–water partition coefficient (Wildman–Crippen LogP) is 2.98. The van der Waals surface area contributed by atoms with Gasteiger partial charge in [0.05, 0.1) is 0 Å². The molecule has 0 atom stereocenters. The molecule has 0 unspecified atom stereocenters. The number of rotatable bonds is 4. The van der Waals surface area contributed by atoms with Crippen molar-refractivity contribution in [1.82, 2.24) is 9.71 Å². The molecule has 2 rings (SSSR count). The van der Waals surface area contributed by atoms with E-state index in [0.717, 1.165) is 10.0 Å². The fourth-order valence-corrected chi connectivity index (χ4v) is 3.35. The number of pyridine rings is 1. The van der Waals surface area contributed by atoms with Crippen molar-refractivity contribution in [3.63, 3.8) is 0 Å². The Morgan fingerprint density at radius 2 is 1.95 bits per heavy atom. The van der Waals surface area contributed by atoms with Gasteiger partial charge in [0.15, 0.2) is 0 Å². The number of nitrogens with zero attached hydrogens (tertiary/aromatic N) is 1. The second kappa shape index (κ2) is 6.00. The van der Waals surface area contributed by atoms with Crippen molar-refractivity contribution in [2.45, 2.75) is 11.4 Å². The van der Waals surface area contributed by atoms with E-state index >= 15 is 0 Å². The maximum absolute atomic E-state index is 12.1. The molecule has 0 bridgehead atoms. The van der Waals surface area contributed by atoms with Gasteiger partial charge in [-0.1, -0.05) is 45.7 Å². The Balaban J connectivity index is 2.20. The Labute approximate surface area is 125 Å². The summed E-state index contributed by atoms with van der Waals surface area (Å²) >= 11 is 9.14. The highest BCUT2D eigenvalue weighted by molar-refractivity contribution is 9.10. The molecule has 0 aliphatic heterocycles. The topological polar surface area (TPSA) is 59.1 Å². The summed E-state index contributed by atoms with van der Waals surface area (Å²) in [5.41, 5.74) is 0.839. The first kappa shape index (κ1) is 14.5. The standard InChI is InChI=1S/C12H10BrClN2O2S/c13-10-5-2-1-4-9(10)8-16-19(17,18)11-6-3-7-15-12(11)14/h1-7,16H,8H2. The van der Waals surface area contributed by atoms with Crippen LogP contribution in [0.3, 0.4) is 0 Å². The van der Waals surface area contributed by atoms with E-state index < -0.39 is 10.0 Å². The first-order valence-corrected chi connectivity index (χ1v) is 8.00. The first-order valence-electron chi connectivity index (χ1n) is 5.34. The van der Waals surface area contributed by atoms with Crippen LogP contribution in [-0.2, 0) is 16.6 Å². The molecule has 1 aromatic heterocycles. The molecule has 0 saturated carbocycles. The van der Waals surface area contributed by atoms with Crippen LogP contribution in [0.5, 0.6) is 0 Å². The van der Waals surface area contributed by atoms with E-state index in [1.54, 1.807) is 0 Å². The van der Waals surface area contributed by atoms with E-state index in [4.69, 9.17) is 11.6 Å². The third-order valence-corrected chi connectivity index (χ3v) is 5.04. The number of sulfonamides is 1. The zero-order valence-corrected chi connectivity index (χ0v) is 12.8. The van der Waals surface area contributed by atoms with Crippen LogP contribution in [-0.4, -0.2) is 13.4 Å². The smallest absolute Gasteiger partial charge is 0.243 e. The lowest BCUT2D eigenvalue weighted by Gasteiger charge is -2.08. The molecule has 0 aliphatic carbocycles. The highest BCUT2D eigenvalue weighted by Crippen LogP contribution is 2.19. The molecular formula is C12H10BrClN2O2S. The SMILES string of the molecule is O=S(=O)(NCc1ccccc1Br)c1cccnc1Cl. The van der Waals surface area contributed by atoms with Crippen molar-refractivity contribution in [2.24, 2.45) is 0 Å². The van der Waals surface area contributed by atoms with Gasteiger partial charge < -0.3 is 0 Å². The molecule has 1 aromatic carbocycles. The van der Waals surface area contributed by atoms with Gasteiger partial charge in [-0.15, -0.1) is 0 Å². The Morgan fingerprint density at radius 1 is 1.21 bits per heavy atom. The van der Waals surface area contributed by atoms with Gasteiger partial charge in [-0.05, 0) is 23.8 Å². The summed E-state index contributed by atoms with van der Waals surface area (Å²) in [6, 6.07) is 10.3. The molecule has 1 N–H and O–H groups in total. The van der Waals surface area contributed by atoms with Gasteiger partial charge in [-0.2, -0.15) is 0 Å². The van der Waals surface area contributed by atoms with Crippen LogP contribution in [0.4, 0.5) is 0 Å². The molecule has 0 fully saturated rings. The molecule has 0 aliphatic rings.